The van der Waals surface area contributed by atoms with Gasteiger partial charge >= 0.3 is 78.8 Å². The monoisotopic (exact) mass is 1590 g/mol. The molecule has 7 rings (SSSR count). The van der Waals surface area contributed by atoms with E-state index in [0.717, 1.165) is 50.5 Å². The first-order valence-electron chi connectivity index (χ1n) is 33.9. The van der Waals surface area contributed by atoms with Crippen LogP contribution in [0.5, 0.6) is 0 Å². The van der Waals surface area contributed by atoms with E-state index in [-0.39, 0.29) is 35.9 Å². The van der Waals surface area contributed by atoms with Crippen molar-refractivity contribution in [1.82, 2.24) is 0 Å². The Morgan fingerprint density at radius 2 is 0.921 bits per heavy atom. The number of rotatable bonds is 37. The Morgan fingerprint density at radius 1 is 0.485 bits per heavy atom. The third-order valence-electron chi connectivity index (χ3n) is 22.6. The molecular weight excluding hydrogens is 1490 g/mol. The Bertz CT molecular complexity index is 3760. The van der Waals surface area contributed by atoms with E-state index < -0.39 is 186 Å². The fourth-order valence-corrected chi connectivity index (χ4v) is 20.8. The minimum Gasteiger partial charge on any atom is -0.465 e. The van der Waals surface area contributed by atoms with Gasteiger partial charge in [-0.05, 0) is 116 Å². The van der Waals surface area contributed by atoms with E-state index in [1.165, 1.54) is 77.0 Å². The summed E-state index contributed by atoms with van der Waals surface area (Å²) in [4.78, 5) is 29.7. The van der Waals surface area contributed by atoms with Crippen LogP contribution in [0.2, 0.25) is 0 Å². The molecule has 35 nitrogen and oxygen atoms in total. The molecule has 42 heteroatoms. The van der Waals surface area contributed by atoms with Crippen LogP contribution in [0.3, 0.4) is 0 Å². The maximum Gasteiger partial charge on any atom is 0.399 e. The van der Waals surface area contributed by atoms with Gasteiger partial charge in [0.15, 0.2) is 36.7 Å². The molecule has 7 aliphatic rings. The SMILES string of the molecule is CCCCCCCCCCCCCCCCCCOC(=O)[C@@]1(C)CCC2(C)CC[C@]3(C)C(=CC(=O)C4C5(C)CCC(O[C@@H]6O[C@H](COS(=O)(=O)O)[C@@H](O[C@@H]7O[C@H](OS(=O)(=O)O)[C@H](OS(=O)(=O)O)[C@H](OS(=O)(=O)O)[C@H]7OS(=O)(=O)O)[C@H](OS(=O)(=O)O)[C@H]6OS(=O)(=O)O)C(C)(C)C5CCC43C)C2C1. The molecule has 4 saturated carbocycles. The number of unbranched alkanes of at least 4 members (excludes halogenated alkanes) is 15. The number of ketones is 1. The van der Waals surface area contributed by atoms with Crippen LogP contribution >= 0.6 is 0 Å². The third kappa shape index (κ3) is 22.3. The number of esters is 1. The van der Waals surface area contributed by atoms with Gasteiger partial charge in [-0.3, -0.25) is 41.5 Å². The number of ether oxygens (including phenoxy) is 5. The molecule has 0 spiro atoms. The predicted octanol–water partition coefficient (Wildman–Crippen LogP) is 7.53. The van der Waals surface area contributed by atoms with E-state index in [9.17, 15) is 95.6 Å². The van der Waals surface area contributed by atoms with Gasteiger partial charge in [0.2, 0.25) is 6.29 Å². The Kier molecular flexibility index (Phi) is 28.1. The summed E-state index contributed by atoms with van der Waals surface area (Å²) in [6.45, 7) is 14.7. The van der Waals surface area contributed by atoms with E-state index in [4.69, 9.17) is 32.1 Å². The van der Waals surface area contributed by atoms with Crippen LogP contribution in [0.1, 0.15) is 216 Å². The molecular formula is C59H100O35S7. The average Bonchev–Trinajstić information content (AvgIpc) is 0.673. The highest BCUT2D eigenvalue weighted by atomic mass is 32.3. The zero-order chi connectivity index (χ0) is 75.6. The highest BCUT2D eigenvalue weighted by Crippen LogP contribution is 2.75. The van der Waals surface area contributed by atoms with Crippen molar-refractivity contribution in [1.29, 1.82) is 0 Å². The van der Waals surface area contributed by atoms with E-state index in [2.05, 4.69) is 48.6 Å². The molecule has 19 atom stereocenters. The molecule has 6 fully saturated rings. The van der Waals surface area contributed by atoms with Crippen molar-refractivity contribution in [2.45, 2.75) is 284 Å². The van der Waals surface area contributed by atoms with E-state index >= 15 is 4.79 Å². The zero-order valence-corrected chi connectivity index (χ0v) is 63.4. The largest absolute Gasteiger partial charge is 0.465 e. The third-order valence-corrected chi connectivity index (χ3v) is 25.8. The Morgan fingerprint density at radius 3 is 1.40 bits per heavy atom. The van der Waals surface area contributed by atoms with Crippen molar-refractivity contribution >= 4 is 84.5 Å². The highest BCUT2D eigenvalue weighted by Gasteiger charge is 2.71. The fourth-order valence-electron chi connectivity index (χ4n) is 17.6. The van der Waals surface area contributed by atoms with Gasteiger partial charge < -0.3 is 23.7 Å². The molecule has 0 radical (unpaired) electrons. The first-order valence-corrected chi connectivity index (χ1v) is 43.4. The average molecular weight is 1590 g/mol. The summed E-state index contributed by atoms with van der Waals surface area (Å²) >= 11 is 0. The Labute approximate surface area is 593 Å². The lowest BCUT2D eigenvalue weighted by molar-refractivity contribution is -0.370. The first kappa shape index (κ1) is 86.1. The van der Waals surface area contributed by atoms with Gasteiger partial charge in [-0.1, -0.05) is 150 Å². The van der Waals surface area contributed by atoms with Crippen LogP contribution in [0.15, 0.2) is 11.6 Å². The topological polar surface area (TPSA) is 525 Å². The van der Waals surface area contributed by atoms with Crippen molar-refractivity contribution < 1.29 is 153 Å². The summed E-state index contributed by atoms with van der Waals surface area (Å²) in [5.74, 6) is -1.71. The molecule has 0 aromatic carbocycles. The molecule has 2 saturated heterocycles. The quantitative estimate of drug-likeness (QED) is 0.0137. The molecule has 0 aromatic heterocycles. The minimum absolute atomic E-state index is 0.0796. The molecule has 7 N–H and O–H groups in total. The second-order valence-electron chi connectivity index (χ2n) is 29.9. The molecule has 588 valence electrons. The van der Waals surface area contributed by atoms with Crippen LogP contribution in [0.25, 0.3) is 0 Å². The summed E-state index contributed by atoms with van der Waals surface area (Å²) < 4.78 is 303. The summed E-state index contributed by atoms with van der Waals surface area (Å²) in [6, 6.07) is 0. The lowest BCUT2D eigenvalue weighted by Gasteiger charge is -2.70. The van der Waals surface area contributed by atoms with Gasteiger partial charge in [-0.25, -0.2) is 29.3 Å². The number of fused-ring (bicyclic) bond motifs is 7. The van der Waals surface area contributed by atoms with Gasteiger partial charge in [0.25, 0.3) is 0 Å². The predicted molar refractivity (Wildman–Crippen MR) is 349 cm³/mol. The lowest BCUT2D eigenvalue weighted by atomic mass is 9.33. The molecule has 2 heterocycles. The van der Waals surface area contributed by atoms with E-state index in [1.807, 2.05) is 13.8 Å². The summed E-state index contributed by atoms with van der Waals surface area (Å²) in [6.07, 6.45) is -7.20. The summed E-state index contributed by atoms with van der Waals surface area (Å²) in [5, 5.41) is 0. The van der Waals surface area contributed by atoms with Gasteiger partial charge in [0.1, 0.15) is 24.4 Å². The van der Waals surface area contributed by atoms with Crippen LogP contribution in [-0.4, -0.2) is 183 Å². The van der Waals surface area contributed by atoms with Crippen LogP contribution < -0.4 is 0 Å². The highest BCUT2D eigenvalue weighted by molar-refractivity contribution is 7.82. The van der Waals surface area contributed by atoms with Crippen molar-refractivity contribution in [3.8, 4) is 0 Å². The Balaban J connectivity index is 1.13. The molecule has 0 aromatic rings. The summed E-state index contributed by atoms with van der Waals surface area (Å²) in [7, 11) is -42.7. The number of allylic oxidation sites excluding steroid dienone is 2. The van der Waals surface area contributed by atoms with E-state index in [1.54, 1.807) is 19.9 Å². The van der Waals surface area contributed by atoms with Gasteiger partial charge in [-0.2, -0.15) is 58.9 Å². The first-order chi connectivity index (χ1) is 46.3. The molecule has 101 heavy (non-hydrogen) atoms. The minimum atomic E-state index is -6.24. The van der Waals surface area contributed by atoms with Gasteiger partial charge in [0, 0.05) is 5.92 Å². The number of carbonyl (C=O) groups excluding carboxylic acids is 2. The second-order valence-corrected chi connectivity index (χ2v) is 37.3. The Hall–Kier alpha value is -2.19. The lowest BCUT2D eigenvalue weighted by Crippen LogP contribution is -2.68. The van der Waals surface area contributed by atoms with Crippen LogP contribution in [-0.2, 0) is 135 Å². The van der Waals surface area contributed by atoms with E-state index in [0.29, 0.717) is 32.3 Å². The molecule has 5 aliphatic carbocycles. The summed E-state index contributed by atoms with van der Waals surface area (Å²) in [5.41, 5.74) is -3.42. The standard InChI is InChI=1S/C59H100O35S7/c1-9-10-11-12-13-14-15-16-17-18-19-20-21-22-23-24-33-83-53(61)56(5)30-29-55(4)31-32-58(7)37(38(55)35-56)34-39(60)49-57(6)27-26-42(54(2,3)41(57)25-28-59(49,58)8)86-50-46(91-98(71,72)73)44(89-96(65,66)67)43(40(85-50)36-84-95(62,63)64)87-51-47(92-99(74,75)76)45(90-97(68,69)70)48(93-100(77,78)79)52(88-51)94-101(80,81)82/h34,38,40-52H,9-33,35-36H2,1-8H3,(H,62,63,64)(H,65,66,67)(H,68,69,70)(H,71,72,73)(H,74,75,76)(H,77,78,79)(H,80,81,82)/t38?,40-,41?,42?,43-,44+,45-,46-,47-,48-,49?,50+,51-,52-,55?,56+,57?,58-,59?/m1/s1. The van der Waals surface area contributed by atoms with Crippen molar-refractivity contribution in [3.05, 3.63) is 11.6 Å². The smallest absolute Gasteiger partial charge is 0.399 e. The second kappa shape index (κ2) is 32.9. The molecule has 7 unspecified atom stereocenters. The van der Waals surface area contributed by atoms with Gasteiger partial charge in [0.05, 0.1) is 24.7 Å². The molecule has 2 aliphatic heterocycles. The van der Waals surface area contributed by atoms with Crippen molar-refractivity contribution in [2.24, 2.45) is 50.2 Å². The molecule has 0 bridgehead atoms. The zero-order valence-electron chi connectivity index (χ0n) is 57.7. The number of carbonyl (C=O) groups is 2. The maximum atomic E-state index is 15.5. The normalized spacial score (nSPS) is 36.5. The fraction of sp³-hybridized carbons (Fsp3) is 0.932. The molecule has 0 amide bonds. The van der Waals surface area contributed by atoms with Crippen LogP contribution in [0.4, 0.5) is 0 Å². The van der Waals surface area contributed by atoms with Crippen molar-refractivity contribution in [3.63, 3.8) is 0 Å². The van der Waals surface area contributed by atoms with Gasteiger partial charge in [-0.15, -0.1) is 0 Å². The van der Waals surface area contributed by atoms with Crippen molar-refractivity contribution in [2.75, 3.05) is 13.2 Å². The number of hydrogen-bond acceptors (Lipinski definition) is 28. The maximum absolute atomic E-state index is 15.5. The number of hydrogen-bond donors (Lipinski definition) is 7. The van der Waals surface area contributed by atoms with Crippen LogP contribution in [0, 0.1) is 50.2 Å².